The molecule has 0 aliphatic heterocycles. The van der Waals surface area contributed by atoms with E-state index in [1.807, 2.05) is 30.3 Å². The SMILES string of the molecule is COc1ccc(OC(=O)C2CCC(C(=O)Oc3ccc(CCOC(=O)C4CCC(C(=O)Oc5ccc(OC)cc5C(C)(C)CC(C)(C)C)CC4)cc3)CC2)c(/C=C/C(=O)c2ccc(Cl)s2)c1. The van der Waals surface area contributed by atoms with Crippen molar-refractivity contribution in [1.82, 2.24) is 0 Å². The molecule has 11 nitrogen and oxygen atoms in total. The molecule has 2 aliphatic rings. The molecule has 0 spiro atoms. The van der Waals surface area contributed by atoms with Gasteiger partial charge in [0.25, 0.3) is 0 Å². The number of hydrogen-bond acceptors (Lipinski definition) is 12. The largest absolute Gasteiger partial charge is 0.497 e. The summed E-state index contributed by atoms with van der Waals surface area (Å²) in [4.78, 5) is 66.0. The third kappa shape index (κ3) is 13.8. The van der Waals surface area contributed by atoms with E-state index in [9.17, 15) is 24.0 Å². The summed E-state index contributed by atoms with van der Waals surface area (Å²) in [7, 11) is 3.15. The Balaban J connectivity index is 0.903. The maximum Gasteiger partial charge on any atom is 0.314 e. The van der Waals surface area contributed by atoms with Crippen LogP contribution in [-0.2, 0) is 35.8 Å². The van der Waals surface area contributed by atoms with Crippen molar-refractivity contribution in [2.45, 2.75) is 104 Å². The van der Waals surface area contributed by atoms with E-state index in [2.05, 4.69) is 34.6 Å². The first-order valence-corrected chi connectivity index (χ1v) is 23.9. The molecule has 3 aromatic carbocycles. The predicted molar refractivity (Wildman–Crippen MR) is 255 cm³/mol. The average Bonchev–Trinajstić information content (AvgIpc) is 3.74. The van der Waals surface area contributed by atoms with Crippen LogP contribution in [0.15, 0.2) is 78.9 Å². The van der Waals surface area contributed by atoms with Gasteiger partial charge in [0.2, 0.25) is 0 Å². The number of allylic oxidation sites excluding steroid dienone is 1. The van der Waals surface area contributed by atoms with Crippen molar-refractivity contribution in [3.8, 4) is 28.7 Å². The second-order valence-electron chi connectivity index (χ2n) is 19.1. The van der Waals surface area contributed by atoms with Crippen molar-refractivity contribution < 1.29 is 52.4 Å². The van der Waals surface area contributed by atoms with Crippen LogP contribution in [0, 0.1) is 29.1 Å². The molecule has 6 rings (SSSR count). The molecule has 0 unspecified atom stereocenters. The van der Waals surface area contributed by atoms with Crippen LogP contribution in [0.4, 0.5) is 0 Å². The summed E-state index contributed by atoms with van der Waals surface area (Å²) in [5.74, 6) is -0.333. The minimum atomic E-state index is -0.403. The van der Waals surface area contributed by atoms with E-state index in [0.29, 0.717) is 101 Å². The Kier molecular flexibility index (Phi) is 16.9. The van der Waals surface area contributed by atoms with Gasteiger partial charge in [-0.15, -0.1) is 11.3 Å². The van der Waals surface area contributed by atoms with E-state index < -0.39 is 11.9 Å². The summed E-state index contributed by atoms with van der Waals surface area (Å²) < 4.78 is 34.6. The van der Waals surface area contributed by atoms with Gasteiger partial charge in [0.1, 0.15) is 28.7 Å². The number of benzene rings is 3. The Bertz CT molecular complexity index is 2380. The molecule has 13 heteroatoms. The lowest BCUT2D eigenvalue weighted by Gasteiger charge is -2.34. The van der Waals surface area contributed by atoms with E-state index in [1.165, 1.54) is 24.5 Å². The van der Waals surface area contributed by atoms with Gasteiger partial charge < -0.3 is 28.4 Å². The summed E-state index contributed by atoms with van der Waals surface area (Å²) in [6.45, 7) is 11.1. The highest BCUT2D eigenvalue weighted by Crippen LogP contribution is 2.43. The predicted octanol–water partition coefficient (Wildman–Crippen LogP) is 11.8. The number of thiophene rings is 1. The average molecular weight is 942 g/mol. The number of esters is 4. The van der Waals surface area contributed by atoms with Crippen LogP contribution in [0.3, 0.4) is 0 Å². The summed E-state index contributed by atoms with van der Waals surface area (Å²) in [5, 5.41) is 0. The van der Waals surface area contributed by atoms with Gasteiger partial charge in [-0.2, -0.15) is 0 Å². The van der Waals surface area contributed by atoms with Crippen molar-refractivity contribution in [3.63, 3.8) is 0 Å². The highest BCUT2D eigenvalue weighted by molar-refractivity contribution is 7.18. The standard InChI is InChI=1S/C53H61ClO11S/c1-52(2,3)32-53(4,5)42-31-41(61-7)22-25-45(42)65-51(59)37-12-10-34(11-13-37)48(56)62-29-28-33-8-19-39(20-9-33)63-49(57)35-14-16-36(17-15-35)50(58)64-44-24-21-40(60-6)30-38(44)18-23-43(55)46-26-27-47(54)66-46/h8-9,18-27,30-31,34-37H,10-17,28-29,32H2,1-7H3/b23-18+. The van der Waals surface area contributed by atoms with Crippen molar-refractivity contribution in [2.75, 3.05) is 20.8 Å². The number of hydrogen-bond donors (Lipinski definition) is 0. The van der Waals surface area contributed by atoms with Gasteiger partial charge in [-0.1, -0.05) is 58.4 Å². The number of rotatable bonds is 17. The first-order valence-electron chi connectivity index (χ1n) is 22.7. The highest BCUT2D eigenvalue weighted by Gasteiger charge is 2.35. The zero-order valence-corrected chi connectivity index (χ0v) is 40.5. The number of halogens is 1. The third-order valence-corrected chi connectivity index (χ3v) is 13.6. The third-order valence-electron chi connectivity index (χ3n) is 12.3. The topological polar surface area (TPSA) is 141 Å². The summed E-state index contributed by atoms with van der Waals surface area (Å²) in [6.07, 6.45) is 8.44. The van der Waals surface area contributed by atoms with Gasteiger partial charge in [-0.3, -0.25) is 24.0 Å². The van der Waals surface area contributed by atoms with Crippen LogP contribution in [0.1, 0.15) is 119 Å². The Hall–Kier alpha value is -5.46. The quantitative estimate of drug-likeness (QED) is 0.0432. The smallest absolute Gasteiger partial charge is 0.314 e. The number of ketones is 1. The fourth-order valence-corrected chi connectivity index (χ4v) is 10.0. The molecule has 66 heavy (non-hydrogen) atoms. The summed E-state index contributed by atoms with van der Waals surface area (Å²) >= 11 is 7.17. The fraction of sp³-hybridized carbons (Fsp3) is 0.453. The molecule has 2 aliphatic carbocycles. The Morgan fingerprint density at radius 1 is 0.621 bits per heavy atom. The maximum atomic E-state index is 13.4. The van der Waals surface area contributed by atoms with E-state index in [4.69, 9.17) is 40.0 Å². The van der Waals surface area contributed by atoms with Gasteiger partial charge in [0.15, 0.2) is 5.78 Å². The summed E-state index contributed by atoms with van der Waals surface area (Å²) in [6, 6.07) is 21.0. The molecule has 4 aromatic rings. The number of carbonyl (C=O) groups excluding carboxylic acids is 5. The molecule has 0 saturated heterocycles. The molecular formula is C53H61ClO11S. The first kappa shape index (κ1) is 50.0. The highest BCUT2D eigenvalue weighted by atomic mass is 35.5. The second-order valence-corrected chi connectivity index (χ2v) is 20.8. The molecule has 1 heterocycles. The first-order chi connectivity index (χ1) is 31.4. The van der Waals surface area contributed by atoms with Crippen LogP contribution in [0.5, 0.6) is 28.7 Å². The van der Waals surface area contributed by atoms with Gasteiger partial charge in [-0.05, 0) is 147 Å². The molecule has 1 aromatic heterocycles. The van der Waals surface area contributed by atoms with Crippen LogP contribution in [0.25, 0.3) is 6.08 Å². The molecule has 2 saturated carbocycles. The number of ether oxygens (including phenoxy) is 6. The maximum absolute atomic E-state index is 13.4. The molecule has 352 valence electrons. The van der Waals surface area contributed by atoms with Crippen molar-refractivity contribution in [1.29, 1.82) is 0 Å². The van der Waals surface area contributed by atoms with Gasteiger partial charge >= 0.3 is 23.9 Å². The lowest BCUT2D eigenvalue weighted by molar-refractivity contribution is -0.152. The molecule has 0 bridgehead atoms. The zero-order valence-electron chi connectivity index (χ0n) is 38.9. The molecule has 0 atom stereocenters. The van der Waals surface area contributed by atoms with Crippen molar-refractivity contribution in [3.05, 3.63) is 105 Å². The van der Waals surface area contributed by atoms with Crippen LogP contribution < -0.4 is 23.7 Å². The van der Waals surface area contributed by atoms with Crippen molar-refractivity contribution in [2.24, 2.45) is 29.1 Å². The Morgan fingerprint density at radius 2 is 1.12 bits per heavy atom. The van der Waals surface area contributed by atoms with Crippen LogP contribution >= 0.6 is 22.9 Å². The van der Waals surface area contributed by atoms with Crippen LogP contribution in [0.2, 0.25) is 4.34 Å². The Morgan fingerprint density at radius 3 is 1.65 bits per heavy atom. The number of carbonyl (C=O) groups is 5. The van der Waals surface area contributed by atoms with Gasteiger partial charge in [-0.25, -0.2) is 0 Å². The second kappa shape index (κ2) is 22.4. The molecule has 0 amide bonds. The van der Waals surface area contributed by atoms with E-state index in [-0.39, 0.29) is 58.9 Å². The molecule has 2 fully saturated rings. The van der Waals surface area contributed by atoms with Gasteiger partial charge in [0.05, 0.1) is 53.7 Å². The monoisotopic (exact) mass is 940 g/mol. The van der Waals surface area contributed by atoms with Crippen LogP contribution in [-0.4, -0.2) is 50.5 Å². The zero-order chi connectivity index (χ0) is 47.6. The van der Waals surface area contributed by atoms with E-state index in [1.54, 1.807) is 55.7 Å². The number of methoxy groups -OCH3 is 2. The van der Waals surface area contributed by atoms with Crippen molar-refractivity contribution >= 4 is 58.7 Å². The lowest BCUT2D eigenvalue weighted by atomic mass is 9.72. The lowest BCUT2D eigenvalue weighted by Crippen LogP contribution is -2.31. The minimum absolute atomic E-state index is 0.0629. The Labute approximate surface area is 397 Å². The minimum Gasteiger partial charge on any atom is -0.497 e. The summed E-state index contributed by atoms with van der Waals surface area (Å²) in [5.41, 5.74) is 2.16. The normalized spacial score (nSPS) is 18.8. The molecule has 0 N–H and O–H groups in total. The molecule has 0 radical (unpaired) electrons. The molecular weight excluding hydrogens is 880 g/mol. The van der Waals surface area contributed by atoms with E-state index >= 15 is 0 Å². The van der Waals surface area contributed by atoms with E-state index in [0.717, 1.165) is 17.5 Å². The fourth-order valence-electron chi connectivity index (χ4n) is 9.07. The van der Waals surface area contributed by atoms with Gasteiger partial charge in [0, 0.05) is 17.5 Å².